The quantitative estimate of drug-likeness (QED) is 0.550. The third-order valence-corrected chi connectivity index (χ3v) is 4.56. The summed E-state index contributed by atoms with van der Waals surface area (Å²) in [5, 5.41) is 3.02. The minimum Gasteiger partial charge on any atom is -0.494 e. The highest BCUT2D eigenvalue weighted by Gasteiger charge is 2.30. The molecule has 0 saturated carbocycles. The van der Waals surface area contributed by atoms with Gasteiger partial charge in [-0.2, -0.15) is 0 Å². The predicted octanol–water partition coefficient (Wildman–Crippen LogP) is 3.23. The lowest BCUT2D eigenvalue weighted by molar-refractivity contribution is -0.121. The molecule has 5 heteroatoms. The second-order valence-corrected chi connectivity index (χ2v) is 6.96. The number of nitrogens with one attached hydrogen (secondary N) is 1. The summed E-state index contributed by atoms with van der Waals surface area (Å²) >= 11 is 0. The maximum atomic E-state index is 12.0. The molecule has 1 fully saturated rings. The maximum absolute atomic E-state index is 12.0. The molecule has 5 nitrogen and oxygen atoms in total. The van der Waals surface area contributed by atoms with E-state index in [9.17, 15) is 9.59 Å². The monoisotopic (exact) mass is 347 g/mol. The van der Waals surface area contributed by atoms with Gasteiger partial charge in [0.05, 0.1) is 12.7 Å². The van der Waals surface area contributed by atoms with Crippen molar-refractivity contribution in [1.82, 2.24) is 5.32 Å². The second kappa shape index (κ2) is 9.56. The molecule has 0 radical (unpaired) electrons. The largest absolute Gasteiger partial charge is 0.494 e. The molecule has 0 spiro atoms. The minimum atomic E-state index is 0.0376. The molecule has 1 aliphatic heterocycles. The van der Waals surface area contributed by atoms with Crippen LogP contribution in [0.25, 0.3) is 0 Å². The number of ether oxygens (including phenoxy) is 2. The molecule has 1 aliphatic rings. The zero-order valence-electron chi connectivity index (χ0n) is 15.4. The first-order valence-corrected chi connectivity index (χ1v) is 9.09. The molecule has 0 aliphatic carbocycles. The average Bonchev–Trinajstić information content (AvgIpc) is 3.06. The summed E-state index contributed by atoms with van der Waals surface area (Å²) in [6.45, 7) is 7.81. The summed E-state index contributed by atoms with van der Waals surface area (Å²) in [4.78, 5) is 23.2. The third-order valence-electron chi connectivity index (χ3n) is 4.56. The normalized spacial score (nSPS) is 19.8. The lowest BCUT2D eigenvalue weighted by atomic mass is 9.93. The molecular formula is C20H29NO4. The van der Waals surface area contributed by atoms with Crippen LogP contribution < -0.4 is 10.1 Å². The van der Waals surface area contributed by atoms with Gasteiger partial charge < -0.3 is 14.8 Å². The van der Waals surface area contributed by atoms with Gasteiger partial charge in [0.1, 0.15) is 5.75 Å². The smallest absolute Gasteiger partial charge is 0.220 e. The summed E-state index contributed by atoms with van der Waals surface area (Å²) in [7, 11) is 0. The van der Waals surface area contributed by atoms with Gasteiger partial charge in [-0.05, 0) is 49.9 Å². The average molecular weight is 347 g/mol. The first-order valence-electron chi connectivity index (χ1n) is 9.09. The fraction of sp³-hybridized carbons (Fsp3) is 0.600. The Labute approximate surface area is 150 Å². The summed E-state index contributed by atoms with van der Waals surface area (Å²) < 4.78 is 11.3. The first-order chi connectivity index (χ1) is 12.0. The van der Waals surface area contributed by atoms with Crippen molar-refractivity contribution < 1.29 is 19.1 Å². The number of Topliss-reactive ketones (excluding diaryl/α,β-unsaturated/α-hetero) is 1. The molecule has 25 heavy (non-hydrogen) atoms. The van der Waals surface area contributed by atoms with Crippen LogP contribution in [-0.4, -0.2) is 37.6 Å². The van der Waals surface area contributed by atoms with E-state index in [-0.39, 0.29) is 17.8 Å². The van der Waals surface area contributed by atoms with Crippen molar-refractivity contribution in [2.24, 2.45) is 11.8 Å². The lowest BCUT2D eigenvalue weighted by Gasteiger charge is -2.22. The van der Waals surface area contributed by atoms with Crippen molar-refractivity contribution >= 4 is 11.7 Å². The first kappa shape index (κ1) is 19.4. The highest BCUT2D eigenvalue weighted by atomic mass is 16.5. The van der Waals surface area contributed by atoms with Crippen molar-refractivity contribution in [1.29, 1.82) is 0 Å². The van der Waals surface area contributed by atoms with E-state index in [1.807, 2.05) is 0 Å². The Balaban J connectivity index is 1.61. The van der Waals surface area contributed by atoms with Crippen molar-refractivity contribution in [3.05, 3.63) is 29.8 Å². The number of carbonyl (C=O) groups is 2. The van der Waals surface area contributed by atoms with E-state index in [1.54, 1.807) is 24.3 Å². The Morgan fingerprint density at radius 2 is 2.00 bits per heavy atom. The Bertz CT molecular complexity index is 568. The molecule has 1 saturated heterocycles. The van der Waals surface area contributed by atoms with Gasteiger partial charge in [-0.3, -0.25) is 9.59 Å². The van der Waals surface area contributed by atoms with Crippen LogP contribution >= 0.6 is 0 Å². The summed E-state index contributed by atoms with van der Waals surface area (Å²) in [6, 6.07) is 7.06. The van der Waals surface area contributed by atoms with E-state index < -0.39 is 0 Å². The molecule has 2 unspecified atom stereocenters. The van der Waals surface area contributed by atoms with Crippen molar-refractivity contribution in [3.8, 4) is 5.75 Å². The van der Waals surface area contributed by atoms with E-state index in [0.717, 1.165) is 13.0 Å². The van der Waals surface area contributed by atoms with Gasteiger partial charge in [0.2, 0.25) is 5.91 Å². The highest BCUT2D eigenvalue weighted by Crippen LogP contribution is 2.26. The highest BCUT2D eigenvalue weighted by molar-refractivity contribution is 5.94. The molecule has 1 N–H and O–H groups in total. The summed E-state index contributed by atoms with van der Waals surface area (Å²) in [6.07, 6.45) is 2.38. The summed E-state index contributed by atoms with van der Waals surface area (Å²) in [5.41, 5.74) is 0.669. The van der Waals surface area contributed by atoms with Crippen molar-refractivity contribution in [2.75, 3.05) is 19.8 Å². The van der Waals surface area contributed by atoms with Crippen LogP contribution in [0.15, 0.2) is 24.3 Å². The van der Waals surface area contributed by atoms with Crippen LogP contribution in [0.3, 0.4) is 0 Å². The molecular weight excluding hydrogens is 318 g/mol. The topological polar surface area (TPSA) is 64.6 Å². The van der Waals surface area contributed by atoms with Gasteiger partial charge in [0.25, 0.3) is 0 Å². The predicted molar refractivity (Wildman–Crippen MR) is 96.9 cm³/mol. The van der Waals surface area contributed by atoms with Crippen molar-refractivity contribution in [3.63, 3.8) is 0 Å². The number of hydrogen-bond acceptors (Lipinski definition) is 4. The molecule has 2 rings (SSSR count). The lowest BCUT2D eigenvalue weighted by Crippen LogP contribution is -2.34. The van der Waals surface area contributed by atoms with Crippen LogP contribution in [0, 0.1) is 11.8 Å². The van der Waals surface area contributed by atoms with Crippen LogP contribution in [0.2, 0.25) is 0 Å². The van der Waals surface area contributed by atoms with Gasteiger partial charge in [-0.25, -0.2) is 0 Å². The van der Waals surface area contributed by atoms with Gasteiger partial charge in [-0.15, -0.1) is 0 Å². The maximum Gasteiger partial charge on any atom is 0.220 e. The molecule has 1 amide bonds. The molecule has 1 heterocycles. The van der Waals surface area contributed by atoms with E-state index in [0.29, 0.717) is 49.1 Å². The second-order valence-electron chi connectivity index (χ2n) is 6.96. The van der Waals surface area contributed by atoms with Crippen LogP contribution in [0.5, 0.6) is 5.75 Å². The molecule has 0 aromatic heterocycles. The fourth-order valence-corrected chi connectivity index (χ4v) is 3.15. The number of carbonyl (C=O) groups excluding carboxylic acids is 2. The number of benzene rings is 1. The van der Waals surface area contributed by atoms with E-state index in [2.05, 4.69) is 19.2 Å². The molecule has 1 aromatic carbocycles. The van der Waals surface area contributed by atoms with Gasteiger partial charge in [0.15, 0.2) is 5.78 Å². The SMILES string of the molecule is CC(=O)c1ccc(OCCCC(=O)NCC2CCOC2C(C)C)cc1. The fourth-order valence-electron chi connectivity index (χ4n) is 3.15. The third kappa shape index (κ3) is 6.16. The standard InChI is InChI=1S/C20H29NO4/c1-14(2)20-17(10-12-25-20)13-21-19(23)5-4-11-24-18-8-6-16(7-9-18)15(3)22/h6-9,14,17,20H,4-5,10-13H2,1-3H3,(H,21,23). The summed E-state index contributed by atoms with van der Waals surface area (Å²) in [5.74, 6) is 1.71. The Morgan fingerprint density at radius 3 is 2.64 bits per heavy atom. The Kier molecular flexibility index (Phi) is 7.44. The number of amides is 1. The minimum absolute atomic E-state index is 0.0376. The zero-order chi connectivity index (χ0) is 18.2. The van der Waals surface area contributed by atoms with Gasteiger partial charge >= 0.3 is 0 Å². The van der Waals surface area contributed by atoms with Crippen LogP contribution in [0.1, 0.15) is 50.4 Å². The Morgan fingerprint density at radius 1 is 1.28 bits per heavy atom. The molecule has 1 aromatic rings. The van der Waals surface area contributed by atoms with E-state index in [4.69, 9.17) is 9.47 Å². The zero-order valence-corrected chi connectivity index (χ0v) is 15.4. The van der Waals surface area contributed by atoms with Crippen molar-refractivity contribution in [2.45, 2.75) is 46.1 Å². The Hall–Kier alpha value is -1.88. The molecule has 138 valence electrons. The van der Waals surface area contributed by atoms with Gasteiger partial charge in [0, 0.05) is 31.1 Å². The number of ketones is 1. The molecule has 0 bridgehead atoms. The molecule has 2 atom stereocenters. The number of rotatable bonds is 9. The van der Waals surface area contributed by atoms with Crippen LogP contribution in [-0.2, 0) is 9.53 Å². The van der Waals surface area contributed by atoms with E-state index in [1.165, 1.54) is 6.92 Å². The number of hydrogen-bond donors (Lipinski definition) is 1. The van der Waals surface area contributed by atoms with Gasteiger partial charge in [-0.1, -0.05) is 13.8 Å². The van der Waals surface area contributed by atoms with Crippen LogP contribution in [0.4, 0.5) is 0 Å². The van der Waals surface area contributed by atoms with E-state index >= 15 is 0 Å².